The van der Waals surface area contributed by atoms with Gasteiger partial charge in [-0.2, -0.15) is 0 Å². The van der Waals surface area contributed by atoms with Crippen molar-refractivity contribution < 1.29 is 0 Å². The van der Waals surface area contributed by atoms with Crippen LogP contribution in [0.4, 0.5) is 34.1 Å². The molecule has 5 aliphatic rings. The van der Waals surface area contributed by atoms with Gasteiger partial charge in [0.25, 0.3) is 0 Å². The maximum absolute atomic E-state index is 3.82. The second-order valence-corrected chi connectivity index (χ2v) is 13.5. The zero-order valence-corrected chi connectivity index (χ0v) is 26.3. The molecule has 224 valence electrons. The van der Waals surface area contributed by atoms with E-state index in [9.17, 15) is 0 Å². The fourth-order valence-electron chi connectivity index (χ4n) is 8.02. The van der Waals surface area contributed by atoms with E-state index in [1.165, 1.54) is 62.1 Å². The van der Waals surface area contributed by atoms with Gasteiger partial charge in [-0.3, -0.25) is 0 Å². The summed E-state index contributed by atoms with van der Waals surface area (Å²) >= 11 is 0. The number of hydrogen-bond donors (Lipinski definition) is 1. The molecular formula is C43H37N3. The van der Waals surface area contributed by atoms with E-state index in [0.717, 1.165) is 6.42 Å². The third kappa shape index (κ3) is 4.19. The molecule has 0 amide bonds. The fourth-order valence-corrected chi connectivity index (χ4v) is 8.02. The molecule has 3 heteroatoms. The van der Waals surface area contributed by atoms with Gasteiger partial charge in [0.15, 0.2) is 0 Å². The maximum atomic E-state index is 3.82. The molecular weight excluding hydrogens is 558 g/mol. The number of hydrogen-bond acceptors (Lipinski definition) is 3. The Bertz CT molecular complexity index is 2020. The highest BCUT2D eigenvalue weighted by Gasteiger charge is 2.37. The van der Waals surface area contributed by atoms with Crippen LogP contribution in [-0.2, 0) is 5.41 Å². The van der Waals surface area contributed by atoms with Crippen LogP contribution in [0.15, 0.2) is 145 Å². The van der Waals surface area contributed by atoms with Crippen molar-refractivity contribution in [2.24, 2.45) is 11.8 Å². The largest absolute Gasteiger partial charge is 0.355 e. The first kappa shape index (κ1) is 27.1. The monoisotopic (exact) mass is 595 g/mol. The van der Waals surface area contributed by atoms with Crippen molar-refractivity contribution in [3.8, 4) is 0 Å². The van der Waals surface area contributed by atoms with Gasteiger partial charge in [-0.1, -0.05) is 111 Å². The number of nitrogens with zero attached hydrogens (tertiary/aromatic N) is 2. The molecule has 2 aliphatic carbocycles. The molecule has 1 N–H and O–H groups in total. The van der Waals surface area contributed by atoms with Crippen molar-refractivity contribution in [2.75, 3.05) is 15.1 Å². The van der Waals surface area contributed by atoms with Crippen LogP contribution < -0.4 is 15.1 Å². The number of benzene rings is 4. The van der Waals surface area contributed by atoms with Crippen LogP contribution >= 0.6 is 0 Å². The molecule has 3 atom stereocenters. The highest BCUT2D eigenvalue weighted by molar-refractivity contribution is 5.94. The Morgan fingerprint density at radius 1 is 0.674 bits per heavy atom. The van der Waals surface area contributed by atoms with Gasteiger partial charge in [-0.25, -0.2) is 0 Å². The molecule has 0 spiro atoms. The average Bonchev–Trinajstić information content (AvgIpc) is 3.37. The zero-order chi connectivity index (χ0) is 30.8. The zero-order valence-electron chi connectivity index (χ0n) is 26.3. The lowest BCUT2D eigenvalue weighted by Gasteiger charge is -2.41. The third-order valence-electron chi connectivity index (χ3n) is 10.4. The lowest BCUT2D eigenvalue weighted by atomic mass is 9.74. The lowest BCUT2D eigenvalue weighted by molar-refractivity contribution is 0.619. The Balaban J connectivity index is 1.16. The molecule has 3 aliphatic heterocycles. The van der Waals surface area contributed by atoms with Crippen LogP contribution in [0.2, 0.25) is 0 Å². The summed E-state index contributed by atoms with van der Waals surface area (Å²) in [7, 11) is 0. The molecule has 3 nitrogen and oxygen atoms in total. The quantitative estimate of drug-likeness (QED) is 0.205. The van der Waals surface area contributed by atoms with E-state index in [0.29, 0.717) is 11.8 Å². The average molecular weight is 596 g/mol. The van der Waals surface area contributed by atoms with Crippen LogP contribution in [0, 0.1) is 11.8 Å². The number of rotatable bonds is 2. The topological polar surface area (TPSA) is 18.5 Å². The van der Waals surface area contributed by atoms with Crippen molar-refractivity contribution in [2.45, 2.75) is 31.7 Å². The molecule has 46 heavy (non-hydrogen) atoms. The van der Waals surface area contributed by atoms with E-state index in [1.807, 2.05) is 0 Å². The molecule has 4 aromatic rings. The van der Waals surface area contributed by atoms with Crippen molar-refractivity contribution in [3.63, 3.8) is 0 Å². The van der Waals surface area contributed by atoms with Gasteiger partial charge in [0, 0.05) is 45.7 Å². The normalized spacial score (nSPS) is 22.7. The minimum atomic E-state index is -0.225. The first-order valence-electron chi connectivity index (χ1n) is 16.5. The minimum Gasteiger partial charge on any atom is -0.355 e. The van der Waals surface area contributed by atoms with E-state index in [-0.39, 0.29) is 11.5 Å². The second kappa shape index (κ2) is 10.4. The molecule has 0 radical (unpaired) electrons. The number of anilines is 6. The molecule has 0 fully saturated rings. The molecule has 0 saturated carbocycles. The van der Waals surface area contributed by atoms with Crippen molar-refractivity contribution >= 4 is 46.3 Å². The van der Waals surface area contributed by atoms with E-state index in [1.54, 1.807) is 0 Å². The number of allylic oxidation sites excluding steroid dienone is 6. The van der Waals surface area contributed by atoms with E-state index in [4.69, 9.17) is 0 Å². The highest BCUT2D eigenvalue weighted by Crippen LogP contribution is 2.50. The fraction of sp³-hybridized carbons (Fsp3) is 0.163. The first-order valence-corrected chi connectivity index (χ1v) is 16.5. The van der Waals surface area contributed by atoms with Gasteiger partial charge in [0.1, 0.15) is 0 Å². The molecule has 0 saturated heterocycles. The Labute approximate surface area is 271 Å². The summed E-state index contributed by atoms with van der Waals surface area (Å²) < 4.78 is 0. The Morgan fingerprint density at radius 3 is 2.07 bits per heavy atom. The SMILES string of the molecule is CC1(C)c2cc(N3c4ccccc4C=Cc4ccccc43)ccc2Nc2ccc(N3C4=CC=CCC4C=CC4C=CC=CC43)cc21. The standard InChI is InChI=1S/C43H37N3/c1-43(2)35-27-33(45-39-15-7-3-11-29(39)19-20-30-12-4-8-16-40(30)45)23-25-37(35)44-38-26-24-34(28-36(38)43)46-41-17-9-5-13-31(41)21-22-32-14-6-10-18-42(32)46/h3-13,15-28,31-32,41,44H,14H2,1-2H3. The lowest BCUT2D eigenvalue weighted by Crippen LogP contribution is -2.39. The van der Waals surface area contributed by atoms with Crippen LogP contribution in [0.25, 0.3) is 12.2 Å². The van der Waals surface area contributed by atoms with Crippen LogP contribution in [0.1, 0.15) is 42.5 Å². The summed E-state index contributed by atoms with van der Waals surface area (Å²) in [6, 6.07) is 31.6. The molecule has 0 bridgehead atoms. The number of fused-ring (bicyclic) bond motifs is 6. The Kier molecular flexibility index (Phi) is 6.11. The first-order chi connectivity index (χ1) is 22.6. The Morgan fingerprint density at radius 2 is 1.33 bits per heavy atom. The van der Waals surface area contributed by atoms with Crippen molar-refractivity contribution in [1.82, 2.24) is 0 Å². The smallest absolute Gasteiger partial charge is 0.0619 e. The summed E-state index contributed by atoms with van der Waals surface area (Å²) in [5, 5.41) is 3.82. The highest BCUT2D eigenvalue weighted by atomic mass is 15.2. The van der Waals surface area contributed by atoms with Gasteiger partial charge in [0.2, 0.25) is 0 Å². The summed E-state index contributed by atoms with van der Waals surface area (Å²) in [4.78, 5) is 5.02. The van der Waals surface area contributed by atoms with Gasteiger partial charge < -0.3 is 15.1 Å². The molecule has 3 unspecified atom stereocenters. The van der Waals surface area contributed by atoms with Crippen molar-refractivity contribution in [3.05, 3.63) is 168 Å². The maximum Gasteiger partial charge on any atom is 0.0619 e. The van der Waals surface area contributed by atoms with Gasteiger partial charge in [-0.05, 0) is 83.3 Å². The van der Waals surface area contributed by atoms with Gasteiger partial charge in [0.05, 0.1) is 17.4 Å². The van der Waals surface area contributed by atoms with Crippen LogP contribution in [-0.4, -0.2) is 6.04 Å². The summed E-state index contributed by atoms with van der Waals surface area (Å²) in [6.07, 6.45) is 26.3. The van der Waals surface area contributed by atoms with E-state index in [2.05, 4.69) is 181 Å². The summed E-state index contributed by atoms with van der Waals surface area (Å²) in [5.74, 6) is 0.729. The van der Waals surface area contributed by atoms with E-state index < -0.39 is 0 Å². The molecule has 0 aromatic heterocycles. The Hall–Kier alpha value is -5.28. The molecule has 9 rings (SSSR count). The van der Waals surface area contributed by atoms with Crippen LogP contribution in [0.5, 0.6) is 0 Å². The van der Waals surface area contributed by atoms with E-state index >= 15 is 0 Å². The second-order valence-electron chi connectivity index (χ2n) is 13.5. The van der Waals surface area contributed by atoms with Gasteiger partial charge in [-0.15, -0.1) is 0 Å². The number of para-hydroxylation sites is 2. The number of nitrogens with one attached hydrogen (secondary N) is 1. The van der Waals surface area contributed by atoms with Gasteiger partial charge >= 0.3 is 0 Å². The summed E-state index contributed by atoms with van der Waals surface area (Å²) in [5.41, 5.74) is 13.4. The third-order valence-corrected chi connectivity index (χ3v) is 10.4. The predicted octanol–water partition coefficient (Wildman–Crippen LogP) is 11.0. The predicted molar refractivity (Wildman–Crippen MR) is 194 cm³/mol. The minimum absolute atomic E-state index is 0.225. The van der Waals surface area contributed by atoms with Crippen LogP contribution in [0.3, 0.4) is 0 Å². The van der Waals surface area contributed by atoms with Crippen molar-refractivity contribution in [1.29, 1.82) is 0 Å². The summed E-state index contributed by atoms with van der Waals surface area (Å²) in [6.45, 7) is 4.76. The molecule has 4 aromatic carbocycles. The molecule has 3 heterocycles.